The molecule has 1 saturated carbocycles. The number of anilines is 2. The zero-order chi connectivity index (χ0) is 30.0. The van der Waals surface area contributed by atoms with Crippen molar-refractivity contribution < 1.29 is 26.4 Å². The number of rotatable bonds is 11. The molecule has 0 unspecified atom stereocenters. The van der Waals surface area contributed by atoms with Gasteiger partial charge in [0.25, 0.3) is 0 Å². The fourth-order valence-electron chi connectivity index (χ4n) is 4.74. The lowest BCUT2D eigenvalue weighted by Gasteiger charge is -2.39. The molecule has 2 fully saturated rings. The second-order valence-electron chi connectivity index (χ2n) is 10.1. The molecule has 1 saturated heterocycles. The maximum atomic E-state index is 14.0. The van der Waals surface area contributed by atoms with Crippen molar-refractivity contribution in [1.29, 1.82) is 0 Å². The minimum atomic E-state index is -3.66. The normalized spacial score (nSPS) is 17.4. The topological polar surface area (TPSA) is 186 Å². The number of ether oxygens (including phenoxy) is 1. The van der Waals surface area contributed by atoms with Crippen LogP contribution in [0.3, 0.4) is 0 Å². The van der Waals surface area contributed by atoms with Crippen LogP contribution in [0.2, 0.25) is 0 Å². The maximum Gasteiger partial charge on any atom is 0.237 e. The molecule has 224 valence electrons. The second-order valence-corrected chi connectivity index (χ2v) is 14.3. The third-order valence-corrected chi connectivity index (χ3v) is 10.9. The van der Waals surface area contributed by atoms with E-state index >= 15 is 0 Å². The minimum absolute atomic E-state index is 0.119. The van der Waals surface area contributed by atoms with Gasteiger partial charge in [-0.2, -0.15) is 0 Å². The highest BCUT2D eigenvalue weighted by Gasteiger charge is 2.49. The summed E-state index contributed by atoms with van der Waals surface area (Å²) < 4.78 is 59.3. The third kappa shape index (κ3) is 6.34. The summed E-state index contributed by atoms with van der Waals surface area (Å²) in [5.41, 5.74) is 0.240. The van der Waals surface area contributed by atoms with Crippen molar-refractivity contribution >= 4 is 37.7 Å². The molecule has 2 aliphatic rings. The van der Waals surface area contributed by atoms with Gasteiger partial charge in [-0.15, -0.1) is 0 Å². The summed E-state index contributed by atoms with van der Waals surface area (Å²) in [6, 6.07) is 4.92. The number of pyridine rings is 1. The Labute approximate surface area is 244 Å². The summed E-state index contributed by atoms with van der Waals surface area (Å²) in [6.45, 7) is 4.02. The Balaban J connectivity index is 1.41. The number of carbonyl (C=O) groups is 1. The predicted molar refractivity (Wildman–Crippen MR) is 155 cm³/mol. The van der Waals surface area contributed by atoms with Gasteiger partial charge in [0.1, 0.15) is 5.82 Å². The fourth-order valence-corrected chi connectivity index (χ4v) is 7.11. The van der Waals surface area contributed by atoms with E-state index in [1.165, 1.54) is 23.6 Å². The van der Waals surface area contributed by atoms with Crippen molar-refractivity contribution in [2.75, 3.05) is 35.5 Å². The van der Waals surface area contributed by atoms with E-state index in [2.05, 4.69) is 35.0 Å². The lowest BCUT2D eigenvalue weighted by atomic mass is 9.75. The Hall–Kier alpha value is -3.76. The average Bonchev–Trinajstić information content (AvgIpc) is 3.85. The van der Waals surface area contributed by atoms with Crippen molar-refractivity contribution in [2.24, 2.45) is 0 Å². The van der Waals surface area contributed by atoms with Gasteiger partial charge in [-0.3, -0.25) is 14.5 Å². The number of aromatic nitrogens is 5. The van der Waals surface area contributed by atoms with Crippen LogP contribution in [0, 0.1) is 0 Å². The molecule has 0 atom stereocenters. The Kier molecular flexibility index (Phi) is 8.39. The molecule has 3 aromatic rings. The van der Waals surface area contributed by atoms with Crippen molar-refractivity contribution in [2.45, 2.75) is 50.2 Å². The molecule has 16 heteroatoms. The molecule has 0 spiro atoms. The Morgan fingerprint density at radius 1 is 1.02 bits per heavy atom. The first-order valence-electron chi connectivity index (χ1n) is 13.6. The lowest BCUT2D eigenvalue weighted by Crippen LogP contribution is -2.52. The van der Waals surface area contributed by atoms with Gasteiger partial charge in [0.15, 0.2) is 0 Å². The van der Waals surface area contributed by atoms with Gasteiger partial charge in [0.05, 0.1) is 46.8 Å². The van der Waals surface area contributed by atoms with Crippen LogP contribution in [0.4, 0.5) is 11.8 Å². The Morgan fingerprint density at radius 3 is 2.43 bits per heavy atom. The van der Waals surface area contributed by atoms with E-state index in [0.717, 1.165) is 0 Å². The zero-order valence-corrected chi connectivity index (χ0v) is 24.9. The van der Waals surface area contributed by atoms with E-state index in [0.29, 0.717) is 36.6 Å². The van der Waals surface area contributed by atoms with Crippen LogP contribution in [0.5, 0.6) is 5.88 Å². The quantitative estimate of drug-likeness (QED) is 0.321. The SMILES string of the molecule is CCOc1cncc(-c2ccc(NC(=O)C3(c4ccnc(NS(=O)(=O)CC)n4)CCN(S(=O)(=O)C4CC4)CC3)nc2)n1. The summed E-state index contributed by atoms with van der Waals surface area (Å²) in [6.07, 6.45) is 7.58. The first-order valence-corrected chi connectivity index (χ1v) is 16.8. The molecule has 4 heterocycles. The average molecular weight is 617 g/mol. The molecule has 14 nitrogen and oxygen atoms in total. The summed E-state index contributed by atoms with van der Waals surface area (Å²) in [5, 5.41) is 2.48. The number of amides is 1. The van der Waals surface area contributed by atoms with Gasteiger partial charge in [-0.05, 0) is 57.7 Å². The number of sulfonamides is 2. The maximum absolute atomic E-state index is 14.0. The number of hydrogen-bond acceptors (Lipinski definition) is 11. The smallest absolute Gasteiger partial charge is 0.237 e. The molecular formula is C26H32N8O6S2. The van der Waals surface area contributed by atoms with E-state index in [9.17, 15) is 21.6 Å². The molecule has 1 aliphatic carbocycles. The predicted octanol–water partition coefficient (Wildman–Crippen LogP) is 1.95. The van der Waals surface area contributed by atoms with E-state index in [-0.39, 0.29) is 54.4 Å². The van der Waals surface area contributed by atoms with E-state index in [1.807, 2.05) is 6.92 Å². The van der Waals surface area contributed by atoms with Crippen LogP contribution in [-0.2, 0) is 30.3 Å². The summed E-state index contributed by atoms with van der Waals surface area (Å²) >= 11 is 0. The Bertz CT molecular complexity index is 1660. The molecule has 0 radical (unpaired) electrons. The van der Waals surface area contributed by atoms with Crippen molar-refractivity contribution in [3.05, 3.63) is 48.7 Å². The van der Waals surface area contributed by atoms with Crippen molar-refractivity contribution in [1.82, 2.24) is 29.2 Å². The van der Waals surface area contributed by atoms with E-state index in [4.69, 9.17) is 4.74 Å². The molecule has 0 bridgehead atoms. The first kappa shape index (κ1) is 29.7. The van der Waals surface area contributed by atoms with Gasteiger partial charge < -0.3 is 10.1 Å². The molecule has 1 aliphatic heterocycles. The molecular weight excluding hydrogens is 584 g/mol. The Morgan fingerprint density at radius 2 is 1.79 bits per heavy atom. The molecule has 2 N–H and O–H groups in total. The molecule has 1 amide bonds. The van der Waals surface area contributed by atoms with Gasteiger partial charge >= 0.3 is 0 Å². The number of nitrogens with zero attached hydrogens (tertiary/aromatic N) is 6. The first-order chi connectivity index (χ1) is 20.1. The highest BCUT2D eigenvalue weighted by Crippen LogP contribution is 2.39. The monoisotopic (exact) mass is 616 g/mol. The van der Waals surface area contributed by atoms with Crippen LogP contribution in [0.1, 0.15) is 45.2 Å². The highest BCUT2D eigenvalue weighted by atomic mass is 32.2. The molecule has 42 heavy (non-hydrogen) atoms. The summed E-state index contributed by atoms with van der Waals surface area (Å²) in [7, 11) is -7.10. The number of carbonyl (C=O) groups excluding carboxylic acids is 1. The minimum Gasteiger partial charge on any atom is -0.477 e. The van der Waals surface area contributed by atoms with Crippen molar-refractivity contribution in [3.8, 4) is 17.1 Å². The highest BCUT2D eigenvalue weighted by molar-refractivity contribution is 7.92. The fraction of sp³-hybridized carbons (Fsp3) is 0.462. The number of nitrogens with one attached hydrogen (secondary N) is 2. The van der Waals surface area contributed by atoms with Crippen molar-refractivity contribution in [3.63, 3.8) is 0 Å². The molecule has 3 aromatic heterocycles. The summed E-state index contributed by atoms with van der Waals surface area (Å²) in [4.78, 5) is 35.3. The van der Waals surface area contributed by atoms with Gasteiger partial charge in [-0.25, -0.2) is 41.1 Å². The van der Waals surface area contributed by atoms with Gasteiger partial charge in [-0.1, -0.05) is 0 Å². The van der Waals surface area contributed by atoms with Crippen LogP contribution < -0.4 is 14.8 Å². The zero-order valence-electron chi connectivity index (χ0n) is 23.2. The van der Waals surface area contributed by atoms with Crippen LogP contribution in [0.15, 0.2) is 43.0 Å². The summed E-state index contributed by atoms with van der Waals surface area (Å²) in [5.74, 6) is -0.121. The van der Waals surface area contributed by atoms with Crippen LogP contribution in [-0.4, -0.2) is 82.7 Å². The lowest BCUT2D eigenvalue weighted by molar-refractivity contribution is -0.123. The number of piperidine rings is 1. The third-order valence-electron chi connectivity index (χ3n) is 7.29. The van der Waals surface area contributed by atoms with E-state index < -0.39 is 31.4 Å². The van der Waals surface area contributed by atoms with Crippen LogP contribution in [0.25, 0.3) is 11.3 Å². The van der Waals surface area contributed by atoms with E-state index in [1.54, 1.807) is 30.6 Å². The molecule has 0 aromatic carbocycles. The molecule has 5 rings (SSSR count). The van der Waals surface area contributed by atoms with Gasteiger partial charge in [0.2, 0.25) is 37.8 Å². The number of hydrogen-bond donors (Lipinski definition) is 2. The van der Waals surface area contributed by atoms with Gasteiger partial charge in [0, 0.05) is 31.0 Å². The standard InChI is InChI=1S/C26H32N8O6S2/c1-3-40-23-17-27-16-20(30-23)18-5-8-22(29-15-18)32-24(35)26(10-13-34(14-11-26)42(38,39)19-6-7-19)21-9-12-28-25(31-21)33-41(36,37)4-2/h5,8-9,12,15-17,19H,3-4,6-7,10-11,13-14H2,1-2H3,(H,28,31,33)(H,29,32,35). The second kappa shape index (κ2) is 11.9. The largest absolute Gasteiger partial charge is 0.477 e. The van der Waals surface area contributed by atoms with Crippen LogP contribution >= 0.6 is 0 Å².